The number of hydrogen-bond acceptors (Lipinski definition) is 3. The number of phenolic OH excluding ortho intramolecular Hbond substituents is 1. The molecule has 0 radical (unpaired) electrons. The quantitative estimate of drug-likeness (QED) is 0.756. The zero-order valence-electron chi connectivity index (χ0n) is 9.88. The first-order valence-corrected chi connectivity index (χ1v) is 5.44. The van der Waals surface area contributed by atoms with Crippen LogP contribution in [-0.4, -0.2) is 5.11 Å². The Balaban J connectivity index is 2.29. The van der Waals surface area contributed by atoms with E-state index in [1.54, 1.807) is 24.3 Å². The molecule has 0 spiro atoms. The fraction of sp³-hybridized carbons (Fsp3) is 0.143. The molecule has 0 saturated carbocycles. The van der Waals surface area contributed by atoms with Gasteiger partial charge in [0.2, 0.25) is 0 Å². The first kappa shape index (κ1) is 11.3. The molecule has 1 N–H and O–H groups in total. The number of azo groups is 1. The predicted octanol–water partition coefficient (Wildman–Crippen LogP) is 4.42. The van der Waals surface area contributed by atoms with Gasteiger partial charge in [-0.25, -0.2) is 0 Å². The maximum atomic E-state index is 9.16. The van der Waals surface area contributed by atoms with Crippen LogP contribution in [0.1, 0.15) is 11.1 Å². The maximum absolute atomic E-state index is 9.16. The molecule has 0 saturated heterocycles. The Morgan fingerprint density at radius 3 is 2.00 bits per heavy atom. The number of rotatable bonds is 2. The third-order valence-electron chi connectivity index (χ3n) is 2.55. The molecule has 0 heterocycles. The zero-order chi connectivity index (χ0) is 12.3. The second-order valence-electron chi connectivity index (χ2n) is 3.96. The highest BCUT2D eigenvalue weighted by molar-refractivity contribution is 5.52. The first-order valence-electron chi connectivity index (χ1n) is 5.44. The van der Waals surface area contributed by atoms with Gasteiger partial charge in [-0.05, 0) is 49.2 Å². The molecule has 0 aliphatic heterocycles. The average molecular weight is 226 g/mol. The van der Waals surface area contributed by atoms with Crippen molar-refractivity contribution < 1.29 is 5.11 Å². The Kier molecular flexibility index (Phi) is 3.19. The van der Waals surface area contributed by atoms with E-state index >= 15 is 0 Å². The smallest absolute Gasteiger partial charge is 0.115 e. The number of phenols is 1. The molecule has 2 aromatic rings. The van der Waals surface area contributed by atoms with Crippen molar-refractivity contribution in [2.24, 2.45) is 10.2 Å². The van der Waals surface area contributed by atoms with Crippen LogP contribution in [0.4, 0.5) is 11.4 Å². The lowest BCUT2D eigenvalue weighted by Crippen LogP contribution is -1.78. The van der Waals surface area contributed by atoms with Crippen LogP contribution in [0, 0.1) is 13.8 Å². The number of aryl methyl sites for hydroxylation is 2. The van der Waals surface area contributed by atoms with E-state index in [0.29, 0.717) is 0 Å². The van der Waals surface area contributed by atoms with Crippen LogP contribution < -0.4 is 0 Å². The van der Waals surface area contributed by atoms with Crippen LogP contribution in [0.3, 0.4) is 0 Å². The minimum absolute atomic E-state index is 0.232. The predicted molar refractivity (Wildman–Crippen MR) is 68.2 cm³/mol. The first-order chi connectivity index (χ1) is 8.16. The van der Waals surface area contributed by atoms with Crippen LogP contribution in [0.25, 0.3) is 0 Å². The van der Waals surface area contributed by atoms with Crippen molar-refractivity contribution in [1.82, 2.24) is 0 Å². The molecule has 0 bridgehead atoms. The van der Waals surface area contributed by atoms with E-state index in [0.717, 1.165) is 22.5 Å². The number of nitrogens with zero attached hydrogens (tertiary/aromatic N) is 2. The summed E-state index contributed by atoms with van der Waals surface area (Å²) in [6, 6.07) is 12.7. The summed E-state index contributed by atoms with van der Waals surface area (Å²) >= 11 is 0. The van der Waals surface area contributed by atoms with E-state index in [2.05, 4.69) is 10.2 Å². The van der Waals surface area contributed by atoms with Gasteiger partial charge in [0.25, 0.3) is 0 Å². The summed E-state index contributed by atoms with van der Waals surface area (Å²) in [6.45, 7) is 4.02. The van der Waals surface area contributed by atoms with Gasteiger partial charge in [0.1, 0.15) is 5.75 Å². The van der Waals surface area contributed by atoms with E-state index in [1.165, 1.54) is 0 Å². The Morgan fingerprint density at radius 2 is 1.41 bits per heavy atom. The topological polar surface area (TPSA) is 45.0 Å². The van der Waals surface area contributed by atoms with Crippen molar-refractivity contribution in [3.63, 3.8) is 0 Å². The lowest BCUT2D eigenvalue weighted by molar-refractivity contribution is 0.475. The van der Waals surface area contributed by atoms with Crippen molar-refractivity contribution in [1.29, 1.82) is 0 Å². The summed E-state index contributed by atoms with van der Waals surface area (Å²) in [5, 5.41) is 17.6. The molecule has 2 aromatic carbocycles. The molecule has 0 unspecified atom stereocenters. The van der Waals surface area contributed by atoms with Gasteiger partial charge in [-0.3, -0.25) is 0 Å². The van der Waals surface area contributed by atoms with E-state index in [4.69, 9.17) is 5.11 Å². The highest BCUT2D eigenvalue weighted by Crippen LogP contribution is 2.26. The zero-order valence-corrected chi connectivity index (χ0v) is 9.88. The number of benzene rings is 2. The standard InChI is InChI=1S/C14H14N2O/c1-10-4-3-5-11(2)14(10)16-15-12-6-8-13(17)9-7-12/h3-9,17H,1-2H3/b16-15+. The fourth-order valence-electron chi connectivity index (χ4n) is 1.59. The molecular formula is C14H14N2O. The lowest BCUT2D eigenvalue weighted by Gasteiger charge is -2.02. The van der Waals surface area contributed by atoms with Crippen LogP contribution in [-0.2, 0) is 0 Å². The third-order valence-corrected chi connectivity index (χ3v) is 2.55. The summed E-state index contributed by atoms with van der Waals surface area (Å²) in [6.07, 6.45) is 0. The Morgan fingerprint density at radius 1 is 0.824 bits per heavy atom. The largest absolute Gasteiger partial charge is 0.508 e. The minimum atomic E-state index is 0.232. The van der Waals surface area contributed by atoms with Crippen molar-refractivity contribution >= 4 is 11.4 Å². The number of hydrogen-bond donors (Lipinski definition) is 1. The molecule has 0 aliphatic rings. The van der Waals surface area contributed by atoms with Gasteiger partial charge in [-0.15, -0.1) is 0 Å². The highest BCUT2D eigenvalue weighted by atomic mass is 16.3. The van der Waals surface area contributed by atoms with Crippen molar-refractivity contribution in [2.45, 2.75) is 13.8 Å². The normalized spacial score (nSPS) is 10.9. The van der Waals surface area contributed by atoms with Gasteiger partial charge < -0.3 is 5.11 Å². The molecule has 86 valence electrons. The molecular weight excluding hydrogens is 212 g/mol. The summed E-state index contributed by atoms with van der Waals surface area (Å²) in [5.41, 5.74) is 3.84. The van der Waals surface area contributed by atoms with Crippen LogP contribution in [0.5, 0.6) is 5.75 Å². The van der Waals surface area contributed by atoms with Crippen molar-refractivity contribution in [3.8, 4) is 5.75 Å². The van der Waals surface area contributed by atoms with Gasteiger partial charge in [0.05, 0.1) is 11.4 Å². The minimum Gasteiger partial charge on any atom is -0.508 e. The molecule has 0 amide bonds. The second kappa shape index (κ2) is 4.78. The van der Waals surface area contributed by atoms with E-state index in [-0.39, 0.29) is 5.75 Å². The summed E-state index contributed by atoms with van der Waals surface area (Å²) in [7, 11) is 0. The monoisotopic (exact) mass is 226 g/mol. The Labute approximate surface area is 100 Å². The van der Waals surface area contributed by atoms with Crippen LogP contribution >= 0.6 is 0 Å². The average Bonchev–Trinajstić information content (AvgIpc) is 2.31. The molecule has 0 aliphatic carbocycles. The molecule has 0 atom stereocenters. The summed E-state index contributed by atoms with van der Waals surface area (Å²) in [5.74, 6) is 0.232. The fourth-order valence-corrected chi connectivity index (χ4v) is 1.59. The molecule has 3 heteroatoms. The molecule has 0 fully saturated rings. The highest BCUT2D eigenvalue weighted by Gasteiger charge is 1.99. The molecule has 17 heavy (non-hydrogen) atoms. The van der Waals surface area contributed by atoms with Crippen molar-refractivity contribution in [3.05, 3.63) is 53.6 Å². The van der Waals surface area contributed by atoms with Crippen molar-refractivity contribution in [2.75, 3.05) is 0 Å². The summed E-state index contributed by atoms with van der Waals surface area (Å²) in [4.78, 5) is 0. The number of aromatic hydroxyl groups is 1. The SMILES string of the molecule is Cc1cccc(C)c1/N=N/c1ccc(O)cc1. The van der Waals surface area contributed by atoms with Crippen LogP contribution in [0.2, 0.25) is 0 Å². The molecule has 3 nitrogen and oxygen atoms in total. The Hall–Kier alpha value is -2.16. The second-order valence-corrected chi connectivity index (χ2v) is 3.96. The van der Waals surface area contributed by atoms with Crippen LogP contribution in [0.15, 0.2) is 52.7 Å². The van der Waals surface area contributed by atoms with Gasteiger partial charge in [-0.1, -0.05) is 18.2 Å². The maximum Gasteiger partial charge on any atom is 0.115 e. The van der Waals surface area contributed by atoms with Gasteiger partial charge in [-0.2, -0.15) is 10.2 Å². The lowest BCUT2D eigenvalue weighted by atomic mass is 10.1. The van der Waals surface area contributed by atoms with E-state index < -0.39 is 0 Å². The van der Waals surface area contributed by atoms with E-state index in [1.807, 2.05) is 32.0 Å². The van der Waals surface area contributed by atoms with Gasteiger partial charge >= 0.3 is 0 Å². The van der Waals surface area contributed by atoms with E-state index in [9.17, 15) is 0 Å². The summed E-state index contributed by atoms with van der Waals surface area (Å²) < 4.78 is 0. The van der Waals surface area contributed by atoms with Gasteiger partial charge in [0, 0.05) is 0 Å². The van der Waals surface area contributed by atoms with Gasteiger partial charge in [0.15, 0.2) is 0 Å². The Bertz CT molecular complexity index is 524. The third kappa shape index (κ3) is 2.69. The molecule has 0 aromatic heterocycles. The molecule has 2 rings (SSSR count).